The van der Waals surface area contributed by atoms with Gasteiger partial charge in [-0.3, -0.25) is 0 Å². The van der Waals surface area contributed by atoms with Crippen LogP contribution in [0.15, 0.2) is 0 Å². The normalized spacial score (nSPS) is 15.2. The molecule has 1 atom stereocenters. The predicted molar refractivity (Wildman–Crippen MR) is 63.2 cm³/mol. The molecule has 16 heavy (non-hydrogen) atoms. The van der Waals surface area contributed by atoms with Gasteiger partial charge in [0.05, 0.1) is 37.9 Å². The minimum absolute atomic E-state index is 0.0454. The number of aliphatic hydroxyl groups excluding tert-OH is 3. The summed E-state index contributed by atoms with van der Waals surface area (Å²) < 4.78 is 5.58. The molecule has 3 N–H and O–H groups in total. The Labute approximate surface area is 98.2 Å². The molecule has 0 aliphatic carbocycles. The Bertz CT molecular complexity index is 174. The highest BCUT2D eigenvalue weighted by Gasteiger charge is 2.29. The van der Waals surface area contributed by atoms with Gasteiger partial charge in [0.2, 0.25) is 0 Å². The zero-order chi connectivity index (χ0) is 12.8. The first-order valence-corrected chi connectivity index (χ1v) is 5.73. The first-order chi connectivity index (χ1) is 7.28. The van der Waals surface area contributed by atoms with Crippen molar-refractivity contribution in [1.82, 2.24) is 0 Å². The Hall–Kier alpha value is -0.160. The highest BCUT2D eigenvalue weighted by atomic mass is 16.5. The maximum absolute atomic E-state index is 9.12. The van der Waals surface area contributed by atoms with Crippen molar-refractivity contribution < 1.29 is 20.1 Å². The van der Waals surface area contributed by atoms with Gasteiger partial charge in [0.25, 0.3) is 0 Å². The molecule has 0 saturated heterocycles. The molecule has 0 radical (unpaired) electrons. The van der Waals surface area contributed by atoms with Crippen molar-refractivity contribution in [2.45, 2.75) is 40.2 Å². The minimum atomic E-state index is -0.924. The van der Waals surface area contributed by atoms with Gasteiger partial charge >= 0.3 is 0 Å². The van der Waals surface area contributed by atoms with E-state index in [-0.39, 0.29) is 37.9 Å². The van der Waals surface area contributed by atoms with Gasteiger partial charge < -0.3 is 20.1 Å². The van der Waals surface area contributed by atoms with E-state index in [1.165, 1.54) is 0 Å². The van der Waals surface area contributed by atoms with E-state index < -0.39 is 5.41 Å². The summed E-state index contributed by atoms with van der Waals surface area (Å²) in [4.78, 5) is 0. The molecule has 0 aliphatic rings. The van der Waals surface area contributed by atoms with Crippen LogP contribution in [0.5, 0.6) is 0 Å². The highest BCUT2D eigenvalue weighted by Crippen LogP contribution is 2.24. The summed E-state index contributed by atoms with van der Waals surface area (Å²) in [6.45, 7) is 7.70. The smallest absolute Gasteiger partial charge is 0.0629 e. The summed E-state index contributed by atoms with van der Waals surface area (Å²) in [7, 11) is 0. The van der Waals surface area contributed by atoms with Crippen LogP contribution in [-0.4, -0.2) is 47.9 Å². The van der Waals surface area contributed by atoms with E-state index in [0.29, 0.717) is 0 Å². The molecular formula is C12H26O4. The molecule has 0 spiro atoms. The summed E-state index contributed by atoms with van der Waals surface area (Å²) >= 11 is 0. The van der Waals surface area contributed by atoms with Gasteiger partial charge in [0.1, 0.15) is 0 Å². The molecule has 0 heterocycles. The maximum Gasteiger partial charge on any atom is 0.0629 e. The summed E-state index contributed by atoms with van der Waals surface area (Å²) in [6, 6.07) is 0. The Kier molecular flexibility index (Phi) is 6.48. The van der Waals surface area contributed by atoms with Crippen molar-refractivity contribution in [3.63, 3.8) is 0 Å². The second kappa shape index (κ2) is 6.55. The van der Waals surface area contributed by atoms with Gasteiger partial charge in [0, 0.05) is 0 Å². The molecule has 0 aromatic carbocycles. The number of aliphatic hydroxyl groups is 3. The van der Waals surface area contributed by atoms with Crippen molar-refractivity contribution in [2.24, 2.45) is 10.8 Å². The number of hydrogen-bond donors (Lipinski definition) is 3. The minimum Gasteiger partial charge on any atom is -0.396 e. The number of rotatable bonds is 7. The zero-order valence-corrected chi connectivity index (χ0v) is 10.9. The highest BCUT2D eigenvalue weighted by molar-refractivity contribution is 4.77. The van der Waals surface area contributed by atoms with Crippen LogP contribution < -0.4 is 0 Å². The standard InChI is InChI=1S/C12H26O4/c1-10(5-11(2,3)4)16-9-12(6-13,7-14)8-15/h10,13-15H,5-9H2,1-4H3. The third kappa shape index (κ3) is 5.80. The molecule has 0 aromatic rings. The number of hydrogen-bond acceptors (Lipinski definition) is 4. The molecule has 0 saturated carbocycles. The maximum atomic E-state index is 9.12. The molecule has 0 bridgehead atoms. The first-order valence-electron chi connectivity index (χ1n) is 5.73. The molecule has 4 heteroatoms. The van der Waals surface area contributed by atoms with Gasteiger partial charge in [0.15, 0.2) is 0 Å². The van der Waals surface area contributed by atoms with E-state index in [1.54, 1.807) is 0 Å². The topological polar surface area (TPSA) is 69.9 Å². The lowest BCUT2D eigenvalue weighted by molar-refractivity contribution is -0.0822. The Morgan fingerprint density at radius 3 is 1.75 bits per heavy atom. The van der Waals surface area contributed by atoms with Crippen LogP contribution in [0, 0.1) is 10.8 Å². The lowest BCUT2D eigenvalue weighted by Crippen LogP contribution is -2.40. The lowest BCUT2D eigenvalue weighted by atomic mass is 9.89. The Morgan fingerprint density at radius 2 is 1.44 bits per heavy atom. The van der Waals surface area contributed by atoms with Crippen molar-refractivity contribution >= 4 is 0 Å². The molecule has 4 nitrogen and oxygen atoms in total. The van der Waals surface area contributed by atoms with E-state index in [9.17, 15) is 0 Å². The van der Waals surface area contributed by atoms with Crippen molar-refractivity contribution in [1.29, 1.82) is 0 Å². The van der Waals surface area contributed by atoms with E-state index in [1.807, 2.05) is 6.92 Å². The molecule has 0 fully saturated rings. The summed E-state index contributed by atoms with van der Waals surface area (Å²) in [5, 5.41) is 27.4. The van der Waals surface area contributed by atoms with E-state index >= 15 is 0 Å². The van der Waals surface area contributed by atoms with E-state index in [0.717, 1.165) is 6.42 Å². The van der Waals surface area contributed by atoms with Crippen LogP contribution >= 0.6 is 0 Å². The molecule has 0 aromatic heterocycles. The average Bonchev–Trinajstić information content (AvgIpc) is 2.18. The van der Waals surface area contributed by atoms with E-state index in [2.05, 4.69) is 20.8 Å². The van der Waals surface area contributed by atoms with Crippen LogP contribution in [0.2, 0.25) is 0 Å². The Balaban J connectivity index is 4.11. The van der Waals surface area contributed by atoms with Gasteiger partial charge in [-0.25, -0.2) is 0 Å². The number of ether oxygens (including phenoxy) is 1. The summed E-state index contributed by atoms with van der Waals surface area (Å²) in [5.41, 5.74) is -0.744. The van der Waals surface area contributed by atoms with Crippen LogP contribution in [-0.2, 0) is 4.74 Å². The molecule has 98 valence electrons. The third-order valence-electron chi connectivity index (χ3n) is 2.58. The van der Waals surface area contributed by atoms with Crippen molar-refractivity contribution in [3.05, 3.63) is 0 Å². The first kappa shape index (κ1) is 15.8. The average molecular weight is 234 g/mol. The fraction of sp³-hybridized carbons (Fsp3) is 1.00. The molecule has 0 rings (SSSR count). The second-order valence-electron chi connectivity index (χ2n) is 5.86. The van der Waals surface area contributed by atoms with Gasteiger partial charge in [-0.05, 0) is 18.8 Å². The van der Waals surface area contributed by atoms with Gasteiger partial charge in [-0.1, -0.05) is 20.8 Å². The van der Waals surface area contributed by atoms with Gasteiger partial charge in [-0.15, -0.1) is 0 Å². The second-order valence-corrected chi connectivity index (χ2v) is 5.86. The van der Waals surface area contributed by atoms with Crippen LogP contribution in [0.1, 0.15) is 34.1 Å². The quantitative estimate of drug-likeness (QED) is 0.609. The fourth-order valence-electron chi connectivity index (χ4n) is 1.53. The molecule has 0 amide bonds. The van der Waals surface area contributed by atoms with Crippen LogP contribution in [0.4, 0.5) is 0 Å². The zero-order valence-electron chi connectivity index (χ0n) is 10.9. The SMILES string of the molecule is CC(CC(C)(C)C)OCC(CO)(CO)CO. The summed E-state index contributed by atoms with van der Waals surface area (Å²) in [6.07, 6.45) is 0.940. The van der Waals surface area contributed by atoms with Crippen LogP contribution in [0.25, 0.3) is 0 Å². The van der Waals surface area contributed by atoms with E-state index in [4.69, 9.17) is 20.1 Å². The van der Waals surface area contributed by atoms with Crippen molar-refractivity contribution in [2.75, 3.05) is 26.4 Å². The molecular weight excluding hydrogens is 208 g/mol. The monoisotopic (exact) mass is 234 g/mol. The molecule has 0 aliphatic heterocycles. The van der Waals surface area contributed by atoms with Gasteiger partial charge in [-0.2, -0.15) is 0 Å². The Morgan fingerprint density at radius 1 is 1.00 bits per heavy atom. The largest absolute Gasteiger partial charge is 0.396 e. The summed E-state index contributed by atoms with van der Waals surface area (Å²) in [5.74, 6) is 0. The predicted octanol–water partition coefficient (Wildman–Crippen LogP) is 0.791. The third-order valence-corrected chi connectivity index (χ3v) is 2.58. The fourth-order valence-corrected chi connectivity index (χ4v) is 1.53. The lowest BCUT2D eigenvalue weighted by Gasteiger charge is -2.30. The molecule has 1 unspecified atom stereocenters. The van der Waals surface area contributed by atoms with Crippen LogP contribution in [0.3, 0.4) is 0 Å². The van der Waals surface area contributed by atoms with Crippen molar-refractivity contribution in [3.8, 4) is 0 Å².